The first-order valence-corrected chi connectivity index (χ1v) is 4.97. The molecule has 0 spiro atoms. The topological polar surface area (TPSA) is 78.6 Å². The van der Waals surface area contributed by atoms with Gasteiger partial charge in [0.05, 0.1) is 6.10 Å². The van der Waals surface area contributed by atoms with Crippen molar-refractivity contribution < 1.29 is 9.90 Å². The first kappa shape index (κ1) is 9.89. The molecule has 0 aromatic carbocycles. The van der Waals surface area contributed by atoms with Crippen molar-refractivity contribution in [2.45, 2.75) is 18.1 Å². The maximum absolute atomic E-state index is 11.6. The van der Waals surface area contributed by atoms with E-state index in [0.29, 0.717) is 13.0 Å². The lowest BCUT2D eigenvalue weighted by atomic mass is 9.77. The fourth-order valence-electron chi connectivity index (χ4n) is 2.65. The average Bonchev–Trinajstić information content (AvgIpc) is 2.24. The van der Waals surface area contributed by atoms with Crippen molar-refractivity contribution in [3.05, 3.63) is 0 Å². The Morgan fingerprint density at radius 1 is 1.64 bits per heavy atom. The van der Waals surface area contributed by atoms with Gasteiger partial charge in [-0.05, 0) is 7.05 Å². The van der Waals surface area contributed by atoms with Crippen LogP contribution in [0.3, 0.4) is 0 Å². The number of likely N-dealkylation sites (N-methyl/N-ethyl adjacent to an activating group) is 1. The molecule has 14 heavy (non-hydrogen) atoms. The Hall–Kier alpha value is -0.650. The van der Waals surface area contributed by atoms with Gasteiger partial charge in [-0.2, -0.15) is 0 Å². The fraction of sp³-hybridized carbons (Fsp3) is 0.889. The SMILES string of the molecule is CN1CC(O)CC1(C(N)=O)C1CNC1. The van der Waals surface area contributed by atoms with Gasteiger partial charge in [0.15, 0.2) is 0 Å². The van der Waals surface area contributed by atoms with Crippen molar-refractivity contribution >= 4 is 5.91 Å². The number of nitrogens with one attached hydrogen (secondary N) is 1. The van der Waals surface area contributed by atoms with Crippen LogP contribution in [0.4, 0.5) is 0 Å². The number of hydrogen-bond acceptors (Lipinski definition) is 4. The van der Waals surface area contributed by atoms with Gasteiger partial charge >= 0.3 is 0 Å². The van der Waals surface area contributed by atoms with Crippen molar-refractivity contribution in [3.8, 4) is 0 Å². The van der Waals surface area contributed by atoms with Gasteiger partial charge in [0.1, 0.15) is 5.54 Å². The van der Waals surface area contributed by atoms with E-state index in [1.54, 1.807) is 0 Å². The molecule has 2 rings (SSSR count). The molecule has 2 aliphatic heterocycles. The second-order valence-corrected chi connectivity index (χ2v) is 4.38. The number of amides is 1. The summed E-state index contributed by atoms with van der Waals surface area (Å²) in [4.78, 5) is 13.5. The molecule has 2 heterocycles. The van der Waals surface area contributed by atoms with Gasteiger partial charge < -0.3 is 16.2 Å². The second-order valence-electron chi connectivity index (χ2n) is 4.38. The van der Waals surface area contributed by atoms with Gasteiger partial charge in [-0.25, -0.2) is 0 Å². The molecule has 2 atom stereocenters. The number of nitrogens with zero attached hydrogens (tertiary/aromatic N) is 1. The number of likely N-dealkylation sites (tertiary alicyclic amines) is 1. The predicted octanol–water partition coefficient (Wildman–Crippen LogP) is -1.87. The largest absolute Gasteiger partial charge is 0.392 e. The molecule has 2 unspecified atom stereocenters. The van der Waals surface area contributed by atoms with Crippen LogP contribution in [0.5, 0.6) is 0 Å². The van der Waals surface area contributed by atoms with Crippen molar-refractivity contribution in [1.29, 1.82) is 0 Å². The van der Waals surface area contributed by atoms with Gasteiger partial charge in [0.2, 0.25) is 5.91 Å². The summed E-state index contributed by atoms with van der Waals surface area (Å²) >= 11 is 0. The van der Waals surface area contributed by atoms with E-state index in [1.807, 2.05) is 11.9 Å². The predicted molar refractivity (Wildman–Crippen MR) is 51.5 cm³/mol. The highest BCUT2D eigenvalue weighted by Gasteiger charge is 2.54. The monoisotopic (exact) mass is 199 g/mol. The summed E-state index contributed by atoms with van der Waals surface area (Å²) in [6, 6.07) is 0. The van der Waals surface area contributed by atoms with Crippen LogP contribution in [0, 0.1) is 5.92 Å². The number of carbonyl (C=O) groups excluding carboxylic acids is 1. The van der Waals surface area contributed by atoms with Crippen LogP contribution in [0.25, 0.3) is 0 Å². The van der Waals surface area contributed by atoms with Crippen LogP contribution in [-0.4, -0.2) is 54.2 Å². The first-order valence-electron chi connectivity index (χ1n) is 4.97. The molecular formula is C9H17N3O2. The summed E-state index contributed by atoms with van der Waals surface area (Å²) < 4.78 is 0. The van der Waals surface area contributed by atoms with Crippen LogP contribution >= 0.6 is 0 Å². The fourth-order valence-corrected chi connectivity index (χ4v) is 2.65. The van der Waals surface area contributed by atoms with E-state index in [2.05, 4.69) is 5.32 Å². The third kappa shape index (κ3) is 1.16. The van der Waals surface area contributed by atoms with E-state index in [0.717, 1.165) is 13.1 Å². The minimum Gasteiger partial charge on any atom is -0.392 e. The third-order valence-corrected chi connectivity index (χ3v) is 3.60. The first-order chi connectivity index (χ1) is 6.57. The van der Waals surface area contributed by atoms with Crippen LogP contribution < -0.4 is 11.1 Å². The maximum atomic E-state index is 11.6. The van der Waals surface area contributed by atoms with Crippen LogP contribution in [0.2, 0.25) is 0 Å². The summed E-state index contributed by atoms with van der Waals surface area (Å²) in [6.07, 6.45) is 0.0543. The average molecular weight is 199 g/mol. The summed E-state index contributed by atoms with van der Waals surface area (Å²) in [6.45, 7) is 2.18. The number of aliphatic hydroxyl groups is 1. The Balaban J connectivity index is 2.25. The van der Waals surface area contributed by atoms with Gasteiger partial charge in [-0.3, -0.25) is 9.69 Å². The Kier molecular flexibility index (Phi) is 2.25. The molecular weight excluding hydrogens is 182 g/mol. The number of rotatable bonds is 2. The minimum atomic E-state index is -0.620. The zero-order valence-corrected chi connectivity index (χ0v) is 8.36. The highest BCUT2D eigenvalue weighted by Crippen LogP contribution is 2.36. The Labute approximate surface area is 83.3 Å². The number of carbonyl (C=O) groups is 1. The van der Waals surface area contributed by atoms with E-state index in [1.165, 1.54) is 0 Å². The minimum absolute atomic E-state index is 0.252. The Bertz CT molecular complexity index is 250. The molecule has 0 bridgehead atoms. The van der Waals surface area contributed by atoms with E-state index < -0.39 is 11.6 Å². The molecule has 1 amide bonds. The second kappa shape index (κ2) is 3.18. The zero-order valence-electron chi connectivity index (χ0n) is 8.36. The van der Waals surface area contributed by atoms with E-state index in [-0.39, 0.29) is 11.8 Å². The van der Waals surface area contributed by atoms with Gasteiger partial charge in [0, 0.05) is 32.0 Å². The van der Waals surface area contributed by atoms with Gasteiger partial charge in [-0.15, -0.1) is 0 Å². The molecule has 2 fully saturated rings. The Morgan fingerprint density at radius 3 is 2.57 bits per heavy atom. The highest BCUT2D eigenvalue weighted by atomic mass is 16.3. The summed E-state index contributed by atoms with van der Waals surface area (Å²) in [5.41, 5.74) is 4.86. The normalized spacial score (nSPS) is 39.7. The molecule has 4 N–H and O–H groups in total. The quantitative estimate of drug-likeness (QED) is 0.486. The number of aliphatic hydroxyl groups excluding tert-OH is 1. The number of primary amides is 1. The van der Waals surface area contributed by atoms with Crippen molar-refractivity contribution in [1.82, 2.24) is 10.2 Å². The molecule has 0 aliphatic carbocycles. The Morgan fingerprint density at radius 2 is 2.29 bits per heavy atom. The van der Waals surface area contributed by atoms with E-state index in [9.17, 15) is 9.90 Å². The maximum Gasteiger partial charge on any atom is 0.238 e. The summed E-state index contributed by atoms with van der Waals surface area (Å²) in [5, 5.41) is 12.7. The molecule has 0 saturated carbocycles. The number of nitrogens with two attached hydrogens (primary N) is 1. The molecule has 0 aromatic heterocycles. The molecule has 5 heteroatoms. The smallest absolute Gasteiger partial charge is 0.238 e. The lowest BCUT2D eigenvalue weighted by molar-refractivity contribution is -0.132. The molecule has 80 valence electrons. The third-order valence-electron chi connectivity index (χ3n) is 3.60. The van der Waals surface area contributed by atoms with Crippen molar-refractivity contribution in [2.75, 3.05) is 26.7 Å². The number of β-amino-alcohol motifs (C(OH)–C–C–N with tert-alkyl or cyclic N) is 1. The van der Waals surface area contributed by atoms with Crippen LogP contribution in [0.1, 0.15) is 6.42 Å². The van der Waals surface area contributed by atoms with Crippen LogP contribution in [-0.2, 0) is 4.79 Å². The van der Waals surface area contributed by atoms with Gasteiger partial charge in [-0.1, -0.05) is 0 Å². The summed E-state index contributed by atoms with van der Waals surface area (Å²) in [7, 11) is 1.86. The van der Waals surface area contributed by atoms with E-state index in [4.69, 9.17) is 5.73 Å². The summed E-state index contributed by atoms with van der Waals surface area (Å²) in [5.74, 6) is -0.0507. The zero-order chi connectivity index (χ0) is 10.3. The highest BCUT2D eigenvalue weighted by molar-refractivity contribution is 5.85. The molecule has 0 aromatic rings. The molecule has 2 aliphatic rings. The van der Waals surface area contributed by atoms with Crippen LogP contribution in [0.15, 0.2) is 0 Å². The lowest BCUT2D eigenvalue weighted by Crippen LogP contribution is -2.66. The van der Waals surface area contributed by atoms with Crippen molar-refractivity contribution in [2.24, 2.45) is 11.7 Å². The van der Waals surface area contributed by atoms with Crippen molar-refractivity contribution in [3.63, 3.8) is 0 Å². The molecule has 5 nitrogen and oxygen atoms in total. The standard InChI is InChI=1S/C9H17N3O2/c1-12-5-7(13)2-9(12,8(10)14)6-3-11-4-6/h6-7,11,13H,2-5H2,1H3,(H2,10,14). The molecule has 2 saturated heterocycles. The lowest BCUT2D eigenvalue weighted by Gasteiger charge is -2.44. The van der Waals surface area contributed by atoms with Gasteiger partial charge in [0.25, 0.3) is 0 Å². The van der Waals surface area contributed by atoms with E-state index >= 15 is 0 Å². The number of hydrogen-bond donors (Lipinski definition) is 3. The molecule has 0 radical (unpaired) electrons.